The van der Waals surface area contributed by atoms with Gasteiger partial charge in [0.25, 0.3) is 0 Å². The summed E-state index contributed by atoms with van der Waals surface area (Å²) in [6, 6.07) is 22.3. The third kappa shape index (κ3) is 5.17. The van der Waals surface area contributed by atoms with Gasteiger partial charge in [0.1, 0.15) is 5.82 Å². The van der Waals surface area contributed by atoms with Crippen LogP contribution in [0.5, 0.6) is 0 Å². The van der Waals surface area contributed by atoms with E-state index in [4.69, 9.17) is 11.6 Å². The average Bonchev–Trinajstić information content (AvgIpc) is 2.79. The number of aliphatic hydroxyl groups excluding tert-OH is 1. The Labute approximate surface area is 182 Å². The molecule has 3 aromatic rings. The third-order valence-electron chi connectivity index (χ3n) is 5.70. The molecule has 3 aromatic carbocycles. The van der Waals surface area contributed by atoms with Crippen LogP contribution in [0.25, 0.3) is 16.7 Å². The normalized spacial score (nSPS) is 15.6. The van der Waals surface area contributed by atoms with Gasteiger partial charge in [-0.15, -0.1) is 0 Å². The molecule has 1 N–H and O–H groups in total. The van der Waals surface area contributed by atoms with Gasteiger partial charge in [-0.2, -0.15) is 0 Å². The standard InChI is InChI=1S/C26H25ClFNO/c27-24-9-5-20(6-10-24)22-13-16-29(17-14-22)18-15-26(30)23-3-1-19(2-4-23)21-7-11-25(28)12-8-21/h1-13,26,30H,14-18H2. The molecule has 0 saturated carbocycles. The second-order valence-corrected chi connectivity index (χ2v) is 8.16. The summed E-state index contributed by atoms with van der Waals surface area (Å²) in [5, 5.41) is 11.4. The highest BCUT2D eigenvalue weighted by molar-refractivity contribution is 6.30. The highest BCUT2D eigenvalue weighted by atomic mass is 35.5. The van der Waals surface area contributed by atoms with Crippen LogP contribution in [0.4, 0.5) is 4.39 Å². The maximum absolute atomic E-state index is 13.1. The highest BCUT2D eigenvalue weighted by Gasteiger charge is 2.15. The van der Waals surface area contributed by atoms with E-state index >= 15 is 0 Å². The Balaban J connectivity index is 1.30. The van der Waals surface area contributed by atoms with Crippen LogP contribution in [-0.2, 0) is 0 Å². The third-order valence-corrected chi connectivity index (χ3v) is 5.95. The molecule has 0 radical (unpaired) electrons. The van der Waals surface area contributed by atoms with Crippen molar-refractivity contribution in [3.63, 3.8) is 0 Å². The minimum absolute atomic E-state index is 0.237. The Kier molecular flexibility index (Phi) is 6.63. The molecule has 0 aliphatic carbocycles. The Bertz CT molecular complexity index is 997. The lowest BCUT2D eigenvalue weighted by atomic mass is 9.98. The Morgan fingerprint density at radius 2 is 1.47 bits per heavy atom. The van der Waals surface area contributed by atoms with Crippen molar-refractivity contribution in [2.75, 3.05) is 19.6 Å². The van der Waals surface area contributed by atoms with Crippen LogP contribution < -0.4 is 0 Å². The quantitative estimate of drug-likeness (QED) is 0.500. The first-order valence-electron chi connectivity index (χ1n) is 10.3. The summed E-state index contributed by atoms with van der Waals surface area (Å²) in [7, 11) is 0. The topological polar surface area (TPSA) is 23.5 Å². The fourth-order valence-electron chi connectivity index (χ4n) is 3.85. The van der Waals surface area contributed by atoms with Gasteiger partial charge in [-0.3, -0.25) is 4.90 Å². The predicted molar refractivity (Wildman–Crippen MR) is 122 cm³/mol. The summed E-state index contributed by atoms with van der Waals surface area (Å²) in [6.07, 6.45) is 3.48. The summed E-state index contributed by atoms with van der Waals surface area (Å²) >= 11 is 5.98. The molecule has 0 amide bonds. The summed E-state index contributed by atoms with van der Waals surface area (Å²) < 4.78 is 13.1. The largest absolute Gasteiger partial charge is 0.388 e. The van der Waals surface area contributed by atoms with Crippen LogP contribution in [0.15, 0.2) is 78.9 Å². The van der Waals surface area contributed by atoms with Crippen molar-refractivity contribution < 1.29 is 9.50 Å². The monoisotopic (exact) mass is 421 g/mol. The van der Waals surface area contributed by atoms with E-state index < -0.39 is 6.10 Å². The molecular weight excluding hydrogens is 397 g/mol. The minimum atomic E-state index is -0.492. The molecule has 1 aliphatic heterocycles. The number of aliphatic hydroxyl groups is 1. The van der Waals surface area contributed by atoms with E-state index in [1.54, 1.807) is 12.1 Å². The first-order chi connectivity index (χ1) is 14.6. The molecule has 0 spiro atoms. The van der Waals surface area contributed by atoms with Crippen molar-refractivity contribution in [3.8, 4) is 11.1 Å². The van der Waals surface area contributed by atoms with Gasteiger partial charge in [0.2, 0.25) is 0 Å². The van der Waals surface area contributed by atoms with E-state index in [9.17, 15) is 9.50 Å². The van der Waals surface area contributed by atoms with Crippen molar-refractivity contribution in [3.05, 3.63) is 101 Å². The van der Waals surface area contributed by atoms with E-state index in [0.29, 0.717) is 6.42 Å². The maximum Gasteiger partial charge on any atom is 0.123 e. The molecule has 0 aromatic heterocycles. The van der Waals surface area contributed by atoms with Crippen LogP contribution in [0.2, 0.25) is 5.02 Å². The zero-order valence-electron chi connectivity index (χ0n) is 16.8. The number of hydrogen-bond acceptors (Lipinski definition) is 2. The molecule has 0 fully saturated rings. The van der Waals surface area contributed by atoms with Crippen LogP contribution in [0.1, 0.15) is 30.1 Å². The van der Waals surface area contributed by atoms with Crippen LogP contribution in [0.3, 0.4) is 0 Å². The zero-order chi connectivity index (χ0) is 20.9. The second-order valence-electron chi connectivity index (χ2n) is 7.72. The minimum Gasteiger partial charge on any atom is -0.388 e. The first-order valence-corrected chi connectivity index (χ1v) is 10.7. The van der Waals surface area contributed by atoms with E-state index in [0.717, 1.165) is 47.8 Å². The van der Waals surface area contributed by atoms with Gasteiger partial charge >= 0.3 is 0 Å². The molecule has 1 atom stereocenters. The zero-order valence-corrected chi connectivity index (χ0v) is 17.5. The van der Waals surface area contributed by atoms with Gasteiger partial charge in [-0.25, -0.2) is 4.39 Å². The van der Waals surface area contributed by atoms with Gasteiger partial charge in [0.15, 0.2) is 0 Å². The molecule has 4 rings (SSSR count). The molecule has 0 saturated heterocycles. The lowest BCUT2D eigenvalue weighted by molar-refractivity contribution is 0.145. The van der Waals surface area contributed by atoms with Crippen LogP contribution >= 0.6 is 11.6 Å². The van der Waals surface area contributed by atoms with Crippen molar-refractivity contribution in [2.24, 2.45) is 0 Å². The molecule has 1 heterocycles. The van der Waals surface area contributed by atoms with Gasteiger partial charge in [-0.05, 0) is 64.9 Å². The number of benzene rings is 3. The fourth-order valence-corrected chi connectivity index (χ4v) is 3.98. The molecule has 2 nitrogen and oxygen atoms in total. The number of nitrogens with zero attached hydrogens (tertiary/aromatic N) is 1. The number of rotatable bonds is 6. The average molecular weight is 422 g/mol. The fraction of sp³-hybridized carbons (Fsp3) is 0.231. The summed E-state index contributed by atoms with van der Waals surface area (Å²) in [5.41, 5.74) is 5.49. The molecule has 0 bridgehead atoms. The highest BCUT2D eigenvalue weighted by Crippen LogP contribution is 2.26. The van der Waals surface area contributed by atoms with Gasteiger partial charge < -0.3 is 5.11 Å². The van der Waals surface area contributed by atoms with Crippen molar-refractivity contribution >= 4 is 17.2 Å². The van der Waals surface area contributed by atoms with Gasteiger partial charge in [0.05, 0.1) is 6.10 Å². The van der Waals surface area contributed by atoms with Crippen LogP contribution in [0, 0.1) is 5.82 Å². The Morgan fingerprint density at radius 1 is 0.867 bits per heavy atom. The number of hydrogen-bond donors (Lipinski definition) is 1. The lowest BCUT2D eigenvalue weighted by Crippen LogP contribution is -2.30. The van der Waals surface area contributed by atoms with Gasteiger partial charge in [0, 0.05) is 24.7 Å². The predicted octanol–water partition coefficient (Wildman–Crippen LogP) is 6.36. The second kappa shape index (κ2) is 9.57. The maximum atomic E-state index is 13.1. The Hall–Kier alpha value is -2.46. The van der Waals surface area contributed by atoms with Crippen LogP contribution in [-0.4, -0.2) is 29.6 Å². The molecule has 30 heavy (non-hydrogen) atoms. The van der Waals surface area contributed by atoms with Crippen molar-refractivity contribution in [1.82, 2.24) is 4.90 Å². The Morgan fingerprint density at radius 3 is 2.07 bits per heavy atom. The number of halogens is 2. The smallest absolute Gasteiger partial charge is 0.123 e. The van der Waals surface area contributed by atoms with E-state index in [1.807, 2.05) is 36.4 Å². The van der Waals surface area contributed by atoms with Crippen molar-refractivity contribution in [2.45, 2.75) is 18.9 Å². The molecule has 1 unspecified atom stereocenters. The van der Waals surface area contributed by atoms with Crippen molar-refractivity contribution in [1.29, 1.82) is 0 Å². The van der Waals surface area contributed by atoms with E-state index in [1.165, 1.54) is 23.3 Å². The van der Waals surface area contributed by atoms with Gasteiger partial charge in [-0.1, -0.05) is 66.2 Å². The molecule has 154 valence electrons. The summed E-state index contributed by atoms with van der Waals surface area (Å²) in [4.78, 5) is 2.37. The molecular formula is C26H25ClFNO. The molecule has 4 heteroatoms. The van der Waals surface area contributed by atoms with E-state index in [2.05, 4.69) is 23.1 Å². The SMILES string of the molecule is OC(CCN1CC=C(c2ccc(Cl)cc2)CC1)c1ccc(-c2ccc(F)cc2)cc1. The first kappa shape index (κ1) is 20.8. The lowest BCUT2D eigenvalue weighted by Gasteiger charge is -2.27. The molecule has 1 aliphatic rings. The summed E-state index contributed by atoms with van der Waals surface area (Å²) in [6.45, 7) is 2.74. The van der Waals surface area contributed by atoms with E-state index in [-0.39, 0.29) is 5.82 Å². The summed E-state index contributed by atoms with van der Waals surface area (Å²) in [5.74, 6) is -0.237.